The molecule has 6 heteroatoms. The fourth-order valence-electron chi connectivity index (χ4n) is 0. The first-order chi connectivity index (χ1) is 2.91. The predicted molar refractivity (Wildman–Crippen MR) is 24.5 cm³/mol. The molecule has 0 saturated carbocycles. The van der Waals surface area contributed by atoms with Crippen molar-refractivity contribution in [2.24, 2.45) is 0 Å². The molecule has 0 aromatic carbocycles. The van der Waals surface area contributed by atoms with Crippen LogP contribution in [0.25, 0.3) is 0 Å². The Kier molecular flexibility index (Phi) is 54.8. The zero-order valence-electron chi connectivity index (χ0n) is 3.52. The van der Waals surface area contributed by atoms with Gasteiger partial charge in [-0.15, -0.1) is 0 Å². The number of hydrogen-bond acceptors (Lipinski definition) is 3. The van der Waals surface area contributed by atoms with E-state index in [9.17, 15) is 0 Å². The molecule has 0 aliphatic carbocycles. The number of carbonyl (C=O) groups excluding carboxylic acids is 1. The molecule has 0 spiro atoms. The van der Waals surface area contributed by atoms with Gasteiger partial charge in [-0.25, -0.2) is 5.26 Å². The molecule has 1 radical (unpaired) electrons. The normalized spacial score (nSPS) is 4.00. The van der Waals surface area contributed by atoms with Crippen molar-refractivity contribution in [2.45, 2.75) is 0 Å². The van der Waals surface area contributed by atoms with Crippen LogP contribution >= 0.6 is 14.1 Å². The molecule has 0 unspecified atom stereocenters. The van der Waals surface area contributed by atoms with Crippen LogP contribution in [0.2, 0.25) is 0 Å². The topological polar surface area (TPSA) is 46.5 Å². The van der Waals surface area contributed by atoms with Gasteiger partial charge in [-0.2, -0.15) is 0 Å². The minimum atomic E-state index is -0.0694. The van der Waals surface area contributed by atoms with Gasteiger partial charge in [-0.1, -0.05) is 0 Å². The van der Waals surface area contributed by atoms with Gasteiger partial charge in [0.05, 0.1) is 0 Å². The van der Waals surface area contributed by atoms with Crippen LogP contribution in [-0.4, -0.2) is 80.6 Å². The van der Waals surface area contributed by atoms with Crippen LogP contribution < -0.4 is 0 Å². The third-order valence-electron chi connectivity index (χ3n) is 0.0430. The van der Waals surface area contributed by atoms with E-state index in [2.05, 4.69) is 33.2 Å². The Morgan fingerprint density at radius 2 is 1.86 bits per heavy atom. The molecule has 0 bridgehead atoms. The molecule has 0 aliphatic rings. The molecule has 0 aromatic heterocycles. The van der Waals surface area contributed by atoms with Gasteiger partial charge in [0.1, 0.15) is 0 Å². The quantitative estimate of drug-likeness (QED) is 0.319. The Morgan fingerprint density at radius 1 is 1.71 bits per heavy atom. The summed E-state index contributed by atoms with van der Waals surface area (Å²) in [5, 5.41) is 7.01. The number of carbonyl (C=O) groups is 1. The molecule has 0 saturated heterocycles. The summed E-state index contributed by atoms with van der Waals surface area (Å²) in [5.74, 6) is 0. The van der Waals surface area contributed by atoms with E-state index in [0.717, 1.165) is 0 Å². The summed E-state index contributed by atoms with van der Waals surface area (Å²) in [5.41, 5.74) is 0. The molecular weight excluding hydrogens is 336 g/mol. The Balaban J connectivity index is -0.0000000480. The Hall–Kier alpha value is 2.48. The van der Waals surface area contributed by atoms with Gasteiger partial charge in [0, 0.05) is 68.9 Å². The van der Waals surface area contributed by atoms with Crippen LogP contribution in [0.3, 0.4) is 0 Å². The van der Waals surface area contributed by atoms with Gasteiger partial charge in [0.25, 0.3) is 0 Å². The van der Waals surface area contributed by atoms with Crippen molar-refractivity contribution in [3.05, 3.63) is 0 Å². The van der Waals surface area contributed by atoms with Crippen LogP contribution in [0.15, 0.2) is 0 Å². The van der Waals surface area contributed by atoms with Gasteiger partial charge in [-0.3, -0.25) is 4.79 Å². The maximum atomic E-state index is 8.70. The van der Waals surface area contributed by atoms with E-state index in [4.69, 9.17) is 10.1 Å². The zero-order chi connectivity index (χ0) is 5.41. The Bertz CT molecular complexity index is 28.9. The molecule has 43 valence electrons. The number of rotatable bonds is 1. The van der Waals surface area contributed by atoms with Gasteiger partial charge in [-0.05, 0) is 0 Å². The summed E-state index contributed by atoms with van der Waals surface area (Å²) >= 11 is 6.50. The molecule has 0 fully saturated rings. The predicted octanol–water partition coefficient (Wildman–Crippen LogP) is 0.0947. The van der Waals surface area contributed by atoms with E-state index in [-0.39, 0.29) is 75.4 Å². The Morgan fingerprint density at radius 3 is 1.86 bits per heavy atom. The molecule has 0 atom stereocenters. The van der Waals surface area contributed by atoms with E-state index in [1.807, 2.05) is 0 Å². The first-order valence-corrected chi connectivity index (χ1v) is 3.10. The van der Waals surface area contributed by atoms with E-state index < -0.39 is 0 Å². The molecule has 0 amide bonds. The van der Waals surface area contributed by atoms with E-state index in [1.54, 1.807) is 0 Å². The van der Waals surface area contributed by atoms with Crippen molar-refractivity contribution in [1.29, 1.82) is 0 Å². The van der Waals surface area contributed by atoms with Crippen molar-refractivity contribution < 1.29 is 29.1 Å². The standard InChI is InChI=1S/CH2O3.BrH.Cs.Cu/c2-1-4-3;;;/h1,3H;1H;;/q;;;+1/p-1. The minimum absolute atomic E-state index is 0. The fraction of sp³-hybridized carbons (Fsp3) is 0. The average Bonchev–Trinajstić information content (AvgIpc) is 1.72. The van der Waals surface area contributed by atoms with Crippen LogP contribution in [0, 0.1) is 0 Å². The van der Waals surface area contributed by atoms with Crippen molar-refractivity contribution >= 4 is 89.5 Å². The number of hydrogen-bond donors (Lipinski definition) is 1. The average molecular weight is 338 g/mol. The summed E-state index contributed by atoms with van der Waals surface area (Å²) < 4.78 is 0. The third-order valence-corrected chi connectivity index (χ3v) is 0.0430. The molecule has 0 aliphatic heterocycles. The van der Waals surface area contributed by atoms with Crippen LogP contribution in [0.4, 0.5) is 0 Å². The Labute approximate surface area is 115 Å². The first kappa shape index (κ1) is 16.2. The fourth-order valence-corrected chi connectivity index (χ4v) is 0. The van der Waals surface area contributed by atoms with Crippen molar-refractivity contribution in [3.8, 4) is 0 Å². The summed E-state index contributed by atoms with van der Waals surface area (Å²) in [6.07, 6.45) is 0. The SMILES string of the molecule is O=COO.[Cs].[Cu][Br]. The van der Waals surface area contributed by atoms with Gasteiger partial charge >= 0.3 is 34.8 Å². The van der Waals surface area contributed by atoms with E-state index >= 15 is 0 Å². The summed E-state index contributed by atoms with van der Waals surface area (Å²) in [4.78, 5) is 11.6. The summed E-state index contributed by atoms with van der Waals surface area (Å²) in [7, 11) is 0. The molecule has 0 heterocycles. The summed E-state index contributed by atoms with van der Waals surface area (Å²) in [6.45, 7) is -0.0694. The molecular formula is CH2BrCsCuO3. The zero-order valence-corrected chi connectivity index (χ0v) is 12.3. The van der Waals surface area contributed by atoms with Crippen LogP contribution in [0.1, 0.15) is 0 Å². The third kappa shape index (κ3) is 29.4. The maximum absolute atomic E-state index is 8.70. The van der Waals surface area contributed by atoms with Crippen molar-refractivity contribution in [2.75, 3.05) is 0 Å². The molecule has 3 nitrogen and oxygen atoms in total. The molecule has 0 aromatic rings. The molecule has 7 heavy (non-hydrogen) atoms. The second-order valence-corrected chi connectivity index (χ2v) is 0.202. The second kappa shape index (κ2) is 23.6. The number of halogens is 1. The second-order valence-electron chi connectivity index (χ2n) is 0.202. The molecule has 1 N–H and O–H groups in total. The van der Waals surface area contributed by atoms with Gasteiger partial charge in [0.15, 0.2) is 0 Å². The monoisotopic (exact) mass is 337 g/mol. The van der Waals surface area contributed by atoms with Crippen molar-refractivity contribution in [3.63, 3.8) is 0 Å². The summed E-state index contributed by atoms with van der Waals surface area (Å²) in [6, 6.07) is 0. The first-order valence-electron chi connectivity index (χ1n) is 0.768. The van der Waals surface area contributed by atoms with Crippen LogP contribution in [0.5, 0.6) is 0 Å². The van der Waals surface area contributed by atoms with Crippen molar-refractivity contribution in [1.82, 2.24) is 0 Å². The van der Waals surface area contributed by atoms with E-state index in [0.29, 0.717) is 0 Å². The molecule has 0 rings (SSSR count). The van der Waals surface area contributed by atoms with E-state index in [1.165, 1.54) is 0 Å². The van der Waals surface area contributed by atoms with Gasteiger partial charge < -0.3 is 4.89 Å². The van der Waals surface area contributed by atoms with Gasteiger partial charge in [0.2, 0.25) is 0 Å². The van der Waals surface area contributed by atoms with Crippen LogP contribution in [-0.2, 0) is 23.9 Å².